The average molecular weight is 359 g/mol. The van der Waals surface area contributed by atoms with Gasteiger partial charge in [0.25, 0.3) is 0 Å². The van der Waals surface area contributed by atoms with Crippen LogP contribution in [0, 0.1) is 27.7 Å². The molecule has 0 aliphatic carbocycles. The van der Waals surface area contributed by atoms with Crippen molar-refractivity contribution >= 4 is 0 Å². The molecule has 0 heterocycles. The second kappa shape index (κ2) is 10.8. The summed E-state index contributed by atoms with van der Waals surface area (Å²) >= 11 is 0. The van der Waals surface area contributed by atoms with Crippen LogP contribution >= 0.6 is 0 Å². The third-order valence-corrected chi connectivity index (χ3v) is 3.80. The Morgan fingerprint density at radius 2 is 0.923 bits per heavy atom. The molecular weight excluding hydrogens is 324 g/mol. The van der Waals surface area contributed by atoms with Crippen LogP contribution in [0.25, 0.3) is 0 Å². The van der Waals surface area contributed by atoms with Crippen molar-refractivity contribution in [3.63, 3.8) is 0 Å². The predicted octanol–water partition coefficient (Wildman–Crippen LogP) is 4.06. The second-order valence-electron chi connectivity index (χ2n) is 7.02. The van der Waals surface area contributed by atoms with Crippen LogP contribution in [0.2, 0.25) is 0 Å². The van der Waals surface area contributed by atoms with E-state index in [1.165, 1.54) is 22.3 Å². The van der Waals surface area contributed by atoms with Gasteiger partial charge in [0.15, 0.2) is 0 Å². The van der Waals surface area contributed by atoms with E-state index in [9.17, 15) is 0 Å². The lowest BCUT2D eigenvalue weighted by molar-refractivity contribution is 0.292. The Bertz CT molecular complexity index is 582. The summed E-state index contributed by atoms with van der Waals surface area (Å²) in [6, 6.07) is 12.4. The predicted molar refractivity (Wildman–Crippen MR) is 110 cm³/mol. The maximum Gasteiger partial charge on any atom is 0.125 e. The van der Waals surface area contributed by atoms with Crippen molar-refractivity contribution in [2.45, 2.75) is 53.6 Å². The molecule has 0 saturated carbocycles. The van der Waals surface area contributed by atoms with Crippen LogP contribution in [0.4, 0.5) is 0 Å². The van der Waals surface area contributed by atoms with E-state index in [0.29, 0.717) is 13.2 Å². The summed E-state index contributed by atoms with van der Waals surface area (Å²) in [5.41, 5.74) is 15.9. The Hall–Kier alpha value is -2.04. The molecule has 26 heavy (non-hydrogen) atoms. The van der Waals surface area contributed by atoms with Gasteiger partial charge in [-0.05, 0) is 63.8 Å². The zero-order valence-electron chi connectivity index (χ0n) is 17.0. The summed E-state index contributed by atoms with van der Waals surface area (Å²) in [5.74, 6) is 1.94. The molecule has 144 valence electrons. The van der Waals surface area contributed by atoms with Crippen LogP contribution < -0.4 is 20.9 Å². The van der Waals surface area contributed by atoms with Gasteiger partial charge in [-0.2, -0.15) is 0 Å². The number of aryl methyl sites for hydroxylation is 4. The van der Waals surface area contributed by atoms with E-state index >= 15 is 0 Å². The molecule has 0 saturated heterocycles. The summed E-state index contributed by atoms with van der Waals surface area (Å²) < 4.78 is 11.2. The van der Waals surface area contributed by atoms with Crippen LogP contribution in [-0.4, -0.2) is 25.3 Å². The van der Waals surface area contributed by atoms with Crippen molar-refractivity contribution in [3.05, 3.63) is 58.7 Å². The van der Waals surface area contributed by atoms with E-state index in [4.69, 9.17) is 20.9 Å². The number of benzene rings is 2. The number of nitrogens with two attached hydrogens (primary N) is 2. The summed E-state index contributed by atoms with van der Waals surface area (Å²) in [4.78, 5) is 0. The fraction of sp³-hybridized carbons (Fsp3) is 0.455. The van der Waals surface area contributed by atoms with Crippen molar-refractivity contribution in [1.82, 2.24) is 0 Å². The minimum atomic E-state index is 0.0824. The van der Waals surface area contributed by atoms with Crippen LogP contribution in [-0.2, 0) is 0 Å². The van der Waals surface area contributed by atoms with Gasteiger partial charge < -0.3 is 20.9 Å². The van der Waals surface area contributed by atoms with E-state index in [1.807, 2.05) is 77.9 Å². The van der Waals surface area contributed by atoms with E-state index < -0.39 is 0 Å². The van der Waals surface area contributed by atoms with Gasteiger partial charge >= 0.3 is 0 Å². The molecule has 0 fully saturated rings. The molecule has 2 aromatic carbocycles. The van der Waals surface area contributed by atoms with Crippen molar-refractivity contribution < 1.29 is 9.47 Å². The van der Waals surface area contributed by atoms with Gasteiger partial charge in [-0.15, -0.1) is 0 Å². The van der Waals surface area contributed by atoms with E-state index in [-0.39, 0.29) is 12.1 Å². The molecular formula is C22H34N2O2. The normalized spacial score (nSPS) is 12.6. The lowest BCUT2D eigenvalue weighted by Gasteiger charge is -2.13. The van der Waals surface area contributed by atoms with Gasteiger partial charge in [-0.25, -0.2) is 0 Å². The van der Waals surface area contributed by atoms with E-state index in [0.717, 1.165) is 11.5 Å². The fourth-order valence-corrected chi connectivity index (χ4v) is 2.48. The van der Waals surface area contributed by atoms with Crippen molar-refractivity contribution in [1.29, 1.82) is 0 Å². The zero-order chi connectivity index (χ0) is 19.7. The number of hydrogen-bond donors (Lipinski definition) is 2. The minimum Gasteiger partial charge on any atom is -0.491 e. The third-order valence-electron chi connectivity index (χ3n) is 3.80. The van der Waals surface area contributed by atoms with Gasteiger partial charge in [0, 0.05) is 12.1 Å². The zero-order valence-corrected chi connectivity index (χ0v) is 17.0. The molecule has 4 N–H and O–H groups in total. The molecule has 0 aliphatic rings. The monoisotopic (exact) mass is 358 g/mol. The molecule has 0 bridgehead atoms. The maximum absolute atomic E-state index is 5.62. The quantitative estimate of drug-likeness (QED) is 0.817. The first kappa shape index (κ1) is 22.0. The Kier molecular flexibility index (Phi) is 9.17. The highest BCUT2D eigenvalue weighted by Gasteiger charge is 2.04. The molecule has 0 radical (unpaired) electrons. The topological polar surface area (TPSA) is 70.5 Å². The van der Waals surface area contributed by atoms with Crippen LogP contribution in [0.15, 0.2) is 36.4 Å². The third kappa shape index (κ3) is 7.46. The number of ether oxygens (including phenoxy) is 2. The van der Waals surface area contributed by atoms with Crippen LogP contribution in [0.5, 0.6) is 11.5 Å². The van der Waals surface area contributed by atoms with Gasteiger partial charge in [-0.3, -0.25) is 0 Å². The van der Waals surface area contributed by atoms with Gasteiger partial charge in [-0.1, -0.05) is 36.4 Å². The molecule has 2 aromatic rings. The molecule has 0 aromatic heterocycles. The van der Waals surface area contributed by atoms with E-state index in [2.05, 4.69) is 0 Å². The highest BCUT2D eigenvalue weighted by Crippen LogP contribution is 2.22. The van der Waals surface area contributed by atoms with E-state index in [1.54, 1.807) is 0 Å². The summed E-state index contributed by atoms with van der Waals surface area (Å²) in [6.07, 6.45) is 0. The molecule has 0 amide bonds. The maximum atomic E-state index is 5.62. The Morgan fingerprint density at radius 3 is 1.15 bits per heavy atom. The Balaban J connectivity index is 0.000000260. The molecule has 4 heteroatoms. The van der Waals surface area contributed by atoms with Gasteiger partial charge in [0.05, 0.1) is 0 Å². The summed E-state index contributed by atoms with van der Waals surface area (Å²) in [7, 11) is 0. The standard InChI is InChI=1S/2C11H17NO/c2*1-8-5-4-6-9(2)11(8)13-7-10(3)12/h2*4-6,10H,7,12H2,1-3H3. The highest BCUT2D eigenvalue weighted by molar-refractivity contribution is 5.40. The fourth-order valence-electron chi connectivity index (χ4n) is 2.48. The van der Waals surface area contributed by atoms with Crippen molar-refractivity contribution in [3.8, 4) is 11.5 Å². The second-order valence-corrected chi connectivity index (χ2v) is 7.02. The van der Waals surface area contributed by atoms with Gasteiger partial charge in [0.1, 0.15) is 24.7 Å². The minimum absolute atomic E-state index is 0.0824. The lowest BCUT2D eigenvalue weighted by atomic mass is 10.1. The molecule has 0 spiro atoms. The largest absolute Gasteiger partial charge is 0.491 e. The molecule has 2 unspecified atom stereocenters. The molecule has 2 atom stereocenters. The molecule has 0 aliphatic heterocycles. The Labute approximate surface area is 158 Å². The number of hydrogen-bond acceptors (Lipinski definition) is 4. The first-order valence-electron chi connectivity index (χ1n) is 9.11. The van der Waals surface area contributed by atoms with Crippen LogP contribution in [0.1, 0.15) is 36.1 Å². The smallest absolute Gasteiger partial charge is 0.125 e. The molecule has 4 nitrogen and oxygen atoms in total. The van der Waals surface area contributed by atoms with Crippen molar-refractivity contribution in [2.24, 2.45) is 11.5 Å². The SMILES string of the molecule is Cc1cccc(C)c1OCC(C)N.Cc1cccc(C)c1OCC(C)N. The summed E-state index contributed by atoms with van der Waals surface area (Å²) in [6.45, 7) is 13.2. The summed E-state index contributed by atoms with van der Waals surface area (Å²) in [5, 5.41) is 0. The first-order chi connectivity index (χ1) is 12.2. The number of rotatable bonds is 6. The van der Waals surface area contributed by atoms with Crippen LogP contribution in [0.3, 0.4) is 0 Å². The van der Waals surface area contributed by atoms with Gasteiger partial charge in [0.2, 0.25) is 0 Å². The van der Waals surface area contributed by atoms with Crippen molar-refractivity contribution in [2.75, 3.05) is 13.2 Å². The first-order valence-corrected chi connectivity index (χ1v) is 9.11. The lowest BCUT2D eigenvalue weighted by Crippen LogP contribution is -2.24. The average Bonchev–Trinajstić information content (AvgIpc) is 2.54. The Morgan fingerprint density at radius 1 is 0.654 bits per heavy atom. The highest BCUT2D eigenvalue weighted by atomic mass is 16.5. The molecule has 2 rings (SSSR count). The number of para-hydroxylation sites is 2.